The molecular weight excluding hydrogens is 360 g/mol. The Bertz CT molecular complexity index is 769. The summed E-state index contributed by atoms with van der Waals surface area (Å²) in [4.78, 5) is 17.0. The molecule has 2 heterocycles. The molecule has 0 bridgehead atoms. The van der Waals surface area contributed by atoms with Gasteiger partial charge in [-0.1, -0.05) is 17.4 Å². The monoisotopic (exact) mass is 368 g/mol. The summed E-state index contributed by atoms with van der Waals surface area (Å²) >= 11 is 6.29. The van der Waals surface area contributed by atoms with Gasteiger partial charge < -0.3 is 5.32 Å². The van der Waals surface area contributed by atoms with Gasteiger partial charge in [-0.25, -0.2) is 10.8 Å². The number of nitrogens with two attached hydrogens (primary N) is 1. The summed E-state index contributed by atoms with van der Waals surface area (Å²) in [5, 5.41) is 5.37. The molecule has 0 aliphatic rings. The van der Waals surface area contributed by atoms with Gasteiger partial charge in [-0.2, -0.15) is 0 Å². The third-order valence-electron chi connectivity index (χ3n) is 2.57. The van der Waals surface area contributed by atoms with Crippen LogP contribution < -0.4 is 16.6 Å². The Balaban J connectivity index is 1.94. The molecule has 0 unspecified atom stereocenters. The second-order valence-electron chi connectivity index (χ2n) is 3.90. The molecule has 4 N–H and O–H groups in total. The highest BCUT2D eigenvalue weighted by molar-refractivity contribution is 9.10. The smallest absolute Gasteiger partial charge is 0.265 e. The average molecular weight is 369 g/mol. The largest absolute Gasteiger partial charge is 0.321 e. The number of hydrazine groups is 1. The molecule has 102 valence electrons. The van der Waals surface area contributed by atoms with E-state index in [-0.39, 0.29) is 5.91 Å². The second-order valence-corrected chi connectivity index (χ2v) is 6.73. The van der Waals surface area contributed by atoms with Crippen molar-refractivity contribution in [2.24, 2.45) is 5.84 Å². The fourth-order valence-electron chi connectivity index (χ4n) is 1.72. The van der Waals surface area contributed by atoms with E-state index in [2.05, 4.69) is 31.7 Å². The van der Waals surface area contributed by atoms with Crippen LogP contribution in [-0.2, 0) is 0 Å². The van der Waals surface area contributed by atoms with Crippen LogP contribution >= 0.6 is 38.6 Å². The zero-order chi connectivity index (χ0) is 14.1. The van der Waals surface area contributed by atoms with Crippen molar-refractivity contribution in [3.8, 4) is 0 Å². The zero-order valence-corrected chi connectivity index (χ0v) is 13.2. The number of anilines is 2. The van der Waals surface area contributed by atoms with Gasteiger partial charge in [0.2, 0.25) is 0 Å². The molecule has 20 heavy (non-hydrogen) atoms. The van der Waals surface area contributed by atoms with Crippen LogP contribution in [0.4, 0.5) is 10.8 Å². The van der Waals surface area contributed by atoms with Gasteiger partial charge in [0.15, 0.2) is 5.13 Å². The molecule has 0 aliphatic carbocycles. The predicted molar refractivity (Wildman–Crippen MR) is 87.4 cm³/mol. The summed E-state index contributed by atoms with van der Waals surface area (Å²) in [5.41, 5.74) is 4.06. The molecule has 1 amide bonds. The van der Waals surface area contributed by atoms with Crippen molar-refractivity contribution in [1.82, 2.24) is 4.98 Å². The molecule has 1 aromatic carbocycles. The third-order valence-corrected chi connectivity index (χ3v) is 4.98. The maximum absolute atomic E-state index is 12.0. The molecule has 0 atom stereocenters. The van der Waals surface area contributed by atoms with E-state index in [0.717, 1.165) is 20.4 Å². The number of nitrogens with one attached hydrogen (secondary N) is 2. The van der Waals surface area contributed by atoms with Crippen LogP contribution in [0.1, 0.15) is 9.67 Å². The minimum atomic E-state index is -0.118. The number of thiophene rings is 1. The molecule has 0 saturated heterocycles. The molecular formula is C12H9BrN4OS2. The van der Waals surface area contributed by atoms with Gasteiger partial charge in [-0.05, 0) is 39.5 Å². The van der Waals surface area contributed by atoms with Gasteiger partial charge in [-0.3, -0.25) is 10.2 Å². The van der Waals surface area contributed by atoms with Crippen molar-refractivity contribution in [2.45, 2.75) is 0 Å². The molecule has 0 fully saturated rings. The number of nitrogen functional groups attached to an aromatic ring is 1. The topological polar surface area (TPSA) is 80.0 Å². The first kappa shape index (κ1) is 13.5. The fraction of sp³-hybridized carbons (Fsp3) is 0. The number of carbonyl (C=O) groups is 1. The van der Waals surface area contributed by atoms with E-state index in [1.165, 1.54) is 22.7 Å². The number of nitrogens with zero attached hydrogens (tertiary/aromatic N) is 1. The molecule has 3 rings (SSSR count). The maximum Gasteiger partial charge on any atom is 0.265 e. The third kappa shape index (κ3) is 2.55. The minimum absolute atomic E-state index is 0.118. The van der Waals surface area contributed by atoms with Gasteiger partial charge in [0.25, 0.3) is 5.91 Å². The van der Waals surface area contributed by atoms with E-state index in [4.69, 9.17) is 5.84 Å². The van der Waals surface area contributed by atoms with Crippen LogP contribution in [0, 0.1) is 0 Å². The maximum atomic E-state index is 12.0. The van der Waals surface area contributed by atoms with Gasteiger partial charge in [0.1, 0.15) is 0 Å². The Labute approximate surface area is 130 Å². The predicted octanol–water partition coefficient (Wildman–Crippen LogP) is 3.66. The lowest BCUT2D eigenvalue weighted by Crippen LogP contribution is -2.09. The lowest BCUT2D eigenvalue weighted by molar-refractivity contribution is 0.103. The van der Waals surface area contributed by atoms with Crippen LogP contribution in [-0.4, -0.2) is 10.9 Å². The summed E-state index contributed by atoms with van der Waals surface area (Å²) in [6.07, 6.45) is 0. The Hall–Kier alpha value is -1.48. The number of benzene rings is 1. The molecule has 0 aliphatic heterocycles. The van der Waals surface area contributed by atoms with Crippen molar-refractivity contribution >= 4 is 65.5 Å². The van der Waals surface area contributed by atoms with Gasteiger partial charge in [-0.15, -0.1) is 11.3 Å². The summed E-state index contributed by atoms with van der Waals surface area (Å²) in [5.74, 6) is 5.24. The number of halogens is 1. The Morgan fingerprint density at radius 3 is 2.95 bits per heavy atom. The number of aromatic nitrogens is 1. The molecule has 0 radical (unpaired) electrons. The Kier molecular flexibility index (Phi) is 3.70. The Morgan fingerprint density at radius 2 is 2.25 bits per heavy atom. The lowest BCUT2D eigenvalue weighted by Gasteiger charge is -2.04. The highest BCUT2D eigenvalue weighted by atomic mass is 79.9. The standard InChI is InChI=1S/C12H9BrN4OS2/c13-7-4-6(15-11(18)8-2-1-3-19-8)5-9-10(7)16-12(17-14)20-9/h1-5H,14H2,(H,15,18)(H,16,17). The fourth-order valence-corrected chi connectivity index (χ4v) is 3.86. The normalized spacial score (nSPS) is 10.7. The SMILES string of the molecule is NNc1nc2c(Br)cc(NC(=O)c3cccs3)cc2s1. The summed E-state index contributed by atoms with van der Waals surface area (Å²) < 4.78 is 1.75. The second kappa shape index (κ2) is 5.49. The van der Waals surface area contributed by atoms with Crippen LogP contribution in [0.2, 0.25) is 0 Å². The van der Waals surface area contributed by atoms with Crippen LogP contribution in [0.25, 0.3) is 10.2 Å². The van der Waals surface area contributed by atoms with E-state index < -0.39 is 0 Å². The van der Waals surface area contributed by atoms with E-state index in [1.807, 2.05) is 23.6 Å². The van der Waals surface area contributed by atoms with Gasteiger partial charge in [0.05, 0.1) is 15.1 Å². The highest BCUT2D eigenvalue weighted by Gasteiger charge is 2.11. The number of hydrogen-bond donors (Lipinski definition) is 3. The van der Waals surface area contributed by atoms with Crippen molar-refractivity contribution in [2.75, 3.05) is 10.7 Å². The molecule has 0 spiro atoms. The van der Waals surface area contributed by atoms with Crippen molar-refractivity contribution in [3.05, 3.63) is 39.0 Å². The van der Waals surface area contributed by atoms with Gasteiger partial charge >= 0.3 is 0 Å². The molecule has 0 saturated carbocycles. The molecule has 8 heteroatoms. The minimum Gasteiger partial charge on any atom is -0.321 e. The van der Waals surface area contributed by atoms with Crippen LogP contribution in [0.15, 0.2) is 34.1 Å². The summed E-state index contributed by atoms with van der Waals surface area (Å²) in [6.45, 7) is 0. The number of hydrogen-bond acceptors (Lipinski definition) is 6. The molecule has 2 aromatic heterocycles. The summed E-state index contributed by atoms with van der Waals surface area (Å²) in [7, 11) is 0. The van der Waals surface area contributed by atoms with E-state index in [1.54, 1.807) is 6.07 Å². The first-order chi connectivity index (χ1) is 9.67. The van der Waals surface area contributed by atoms with E-state index in [9.17, 15) is 4.79 Å². The number of carbonyl (C=O) groups excluding carboxylic acids is 1. The lowest BCUT2D eigenvalue weighted by atomic mass is 10.3. The van der Waals surface area contributed by atoms with Crippen LogP contribution in [0.5, 0.6) is 0 Å². The quantitative estimate of drug-likeness (QED) is 0.486. The van der Waals surface area contributed by atoms with E-state index >= 15 is 0 Å². The number of thiazole rings is 1. The highest BCUT2D eigenvalue weighted by Crippen LogP contribution is 2.33. The first-order valence-corrected chi connectivity index (χ1v) is 8.08. The average Bonchev–Trinajstić information content (AvgIpc) is 3.07. The van der Waals surface area contributed by atoms with E-state index in [0.29, 0.717) is 10.0 Å². The molecule has 5 nitrogen and oxygen atoms in total. The molecule has 3 aromatic rings. The number of fused-ring (bicyclic) bond motifs is 1. The Morgan fingerprint density at radius 1 is 1.40 bits per heavy atom. The number of rotatable bonds is 3. The van der Waals surface area contributed by atoms with Gasteiger partial charge in [0, 0.05) is 10.2 Å². The number of amides is 1. The van der Waals surface area contributed by atoms with Crippen LogP contribution in [0.3, 0.4) is 0 Å². The first-order valence-electron chi connectivity index (χ1n) is 5.59. The van der Waals surface area contributed by atoms with Crippen molar-refractivity contribution in [3.63, 3.8) is 0 Å². The van der Waals surface area contributed by atoms with Crippen molar-refractivity contribution in [1.29, 1.82) is 0 Å². The summed E-state index contributed by atoms with van der Waals surface area (Å²) in [6, 6.07) is 7.34. The van der Waals surface area contributed by atoms with Crippen molar-refractivity contribution < 1.29 is 4.79 Å². The zero-order valence-electron chi connectivity index (χ0n) is 10.0.